The van der Waals surface area contributed by atoms with Crippen molar-refractivity contribution in [3.63, 3.8) is 0 Å². The molecule has 1 aliphatic heterocycles. The van der Waals surface area contributed by atoms with Gasteiger partial charge in [0.05, 0.1) is 5.69 Å². The van der Waals surface area contributed by atoms with Crippen molar-refractivity contribution in [1.82, 2.24) is 15.2 Å². The van der Waals surface area contributed by atoms with Crippen molar-refractivity contribution < 1.29 is 0 Å². The lowest BCUT2D eigenvalue weighted by Crippen LogP contribution is -2.38. The van der Waals surface area contributed by atoms with Crippen molar-refractivity contribution in [2.75, 3.05) is 38.1 Å². The molecule has 1 saturated heterocycles. The highest BCUT2D eigenvalue weighted by Gasteiger charge is 2.15. The third kappa shape index (κ3) is 5.70. The first-order valence-electron chi connectivity index (χ1n) is 9.90. The van der Waals surface area contributed by atoms with Crippen LogP contribution in [0.4, 0.5) is 5.13 Å². The van der Waals surface area contributed by atoms with E-state index in [9.17, 15) is 0 Å². The summed E-state index contributed by atoms with van der Waals surface area (Å²) in [6.07, 6.45) is 3.47. The molecule has 3 rings (SSSR count). The van der Waals surface area contributed by atoms with Gasteiger partial charge in [-0.2, -0.15) is 0 Å². The number of aliphatic imine (C=N–C) groups is 1. The van der Waals surface area contributed by atoms with Crippen LogP contribution in [0, 0.1) is 6.92 Å². The number of guanidine groups is 1. The van der Waals surface area contributed by atoms with E-state index in [2.05, 4.69) is 65.7 Å². The molecule has 0 amide bonds. The Hall–Kier alpha value is -2.08. The summed E-state index contributed by atoms with van der Waals surface area (Å²) < 4.78 is 0. The summed E-state index contributed by atoms with van der Waals surface area (Å²) in [5.74, 6) is 0.952. The van der Waals surface area contributed by atoms with Gasteiger partial charge in [0.2, 0.25) is 0 Å². The highest BCUT2D eigenvalue weighted by molar-refractivity contribution is 7.13. The van der Waals surface area contributed by atoms with Crippen LogP contribution in [0.3, 0.4) is 0 Å². The molecule has 1 aromatic carbocycles. The SMILES string of the molecule is CCNC(=NCCc1csc(N2CCCC2)n1)N(C)Cc1ccc(C)cc1. The Morgan fingerprint density at radius 1 is 1.26 bits per heavy atom. The summed E-state index contributed by atoms with van der Waals surface area (Å²) >= 11 is 1.77. The molecule has 0 bridgehead atoms. The Morgan fingerprint density at radius 3 is 2.70 bits per heavy atom. The lowest BCUT2D eigenvalue weighted by Gasteiger charge is -2.22. The van der Waals surface area contributed by atoms with Gasteiger partial charge in [-0.25, -0.2) is 4.98 Å². The third-order valence-corrected chi connectivity index (χ3v) is 5.73. The van der Waals surface area contributed by atoms with Crippen LogP contribution in [0.15, 0.2) is 34.6 Å². The number of nitrogens with one attached hydrogen (secondary N) is 1. The number of thiazole rings is 1. The highest BCUT2D eigenvalue weighted by atomic mass is 32.1. The van der Waals surface area contributed by atoms with Gasteiger partial charge < -0.3 is 15.1 Å². The van der Waals surface area contributed by atoms with Gasteiger partial charge in [0.15, 0.2) is 11.1 Å². The molecule has 0 saturated carbocycles. The van der Waals surface area contributed by atoms with E-state index in [4.69, 9.17) is 9.98 Å². The predicted molar refractivity (Wildman–Crippen MR) is 116 cm³/mol. The number of hydrogen-bond acceptors (Lipinski definition) is 4. The van der Waals surface area contributed by atoms with Gasteiger partial charge in [0, 0.05) is 51.6 Å². The standard InChI is InChI=1S/C21H31N5S/c1-4-22-20(25(3)15-18-9-7-17(2)8-10-18)23-12-11-19-16-27-21(24-19)26-13-5-6-14-26/h7-10,16H,4-6,11-15H2,1-3H3,(H,22,23). The van der Waals surface area contributed by atoms with Gasteiger partial charge in [-0.05, 0) is 32.3 Å². The van der Waals surface area contributed by atoms with Gasteiger partial charge in [-0.15, -0.1) is 11.3 Å². The van der Waals surface area contributed by atoms with Crippen LogP contribution in [-0.2, 0) is 13.0 Å². The van der Waals surface area contributed by atoms with Crippen LogP contribution in [0.25, 0.3) is 0 Å². The van der Waals surface area contributed by atoms with Crippen molar-refractivity contribution in [3.8, 4) is 0 Å². The van der Waals surface area contributed by atoms with Gasteiger partial charge in [0.1, 0.15) is 0 Å². The second kappa shape index (κ2) is 9.74. The molecule has 5 nitrogen and oxygen atoms in total. The number of anilines is 1. The molecule has 0 aliphatic carbocycles. The van der Waals surface area contributed by atoms with Crippen LogP contribution >= 0.6 is 11.3 Å². The van der Waals surface area contributed by atoms with Gasteiger partial charge in [-0.3, -0.25) is 4.99 Å². The minimum atomic E-state index is 0.754. The fourth-order valence-corrected chi connectivity index (χ4v) is 4.17. The lowest BCUT2D eigenvalue weighted by molar-refractivity contribution is 0.477. The molecule has 146 valence electrons. The number of rotatable bonds is 7. The number of hydrogen-bond donors (Lipinski definition) is 1. The fraction of sp³-hybridized carbons (Fsp3) is 0.524. The Labute approximate surface area is 167 Å². The lowest BCUT2D eigenvalue weighted by atomic mass is 10.1. The summed E-state index contributed by atoms with van der Waals surface area (Å²) in [7, 11) is 2.09. The summed E-state index contributed by atoms with van der Waals surface area (Å²) in [4.78, 5) is 14.2. The van der Waals surface area contributed by atoms with Crippen LogP contribution in [0.2, 0.25) is 0 Å². The van der Waals surface area contributed by atoms with Crippen LogP contribution < -0.4 is 10.2 Å². The molecular weight excluding hydrogens is 354 g/mol. The van der Waals surface area contributed by atoms with E-state index in [-0.39, 0.29) is 0 Å². The van der Waals surface area contributed by atoms with E-state index in [1.807, 2.05) is 0 Å². The largest absolute Gasteiger partial charge is 0.357 e. The van der Waals surface area contributed by atoms with E-state index < -0.39 is 0 Å². The average Bonchev–Trinajstić information content (AvgIpc) is 3.34. The Bertz CT molecular complexity index is 731. The minimum Gasteiger partial charge on any atom is -0.357 e. The third-order valence-electron chi connectivity index (χ3n) is 4.78. The average molecular weight is 386 g/mol. The van der Waals surface area contributed by atoms with Gasteiger partial charge in [-0.1, -0.05) is 29.8 Å². The number of aromatic nitrogens is 1. The van der Waals surface area contributed by atoms with Crippen molar-refractivity contribution >= 4 is 22.4 Å². The second-order valence-electron chi connectivity index (χ2n) is 7.14. The molecule has 0 atom stereocenters. The number of aryl methyl sites for hydroxylation is 1. The summed E-state index contributed by atoms with van der Waals surface area (Å²) in [6, 6.07) is 8.69. The highest BCUT2D eigenvalue weighted by Crippen LogP contribution is 2.24. The van der Waals surface area contributed by atoms with E-state index >= 15 is 0 Å². The topological polar surface area (TPSA) is 43.8 Å². The first-order valence-corrected chi connectivity index (χ1v) is 10.8. The van der Waals surface area contributed by atoms with Gasteiger partial charge >= 0.3 is 0 Å². The Morgan fingerprint density at radius 2 is 2.00 bits per heavy atom. The molecule has 6 heteroatoms. The molecule has 0 radical (unpaired) electrons. The molecule has 1 aromatic heterocycles. The van der Waals surface area contributed by atoms with Crippen molar-refractivity contribution in [2.24, 2.45) is 4.99 Å². The zero-order valence-electron chi connectivity index (χ0n) is 16.7. The molecule has 1 N–H and O–H groups in total. The normalized spacial score (nSPS) is 14.6. The van der Waals surface area contributed by atoms with E-state index in [0.29, 0.717) is 0 Å². The number of nitrogens with zero attached hydrogens (tertiary/aromatic N) is 4. The molecule has 1 fully saturated rings. The first kappa shape index (κ1) is 19.7. The maximum absolute atomic E-state index is 4.81. The van der Waals surface area contributed by atoms with Crippen LogP contribution in [0.5, 0.6) is 0 Å². The maximum Gasteiger partial charge on any atom is 0.193 e. The summed E-state index contributed by atoms with van der Waals surface area (Å²) in [5.41, 5.74) is 3.74. The zero-order chi connectivity index (χ0) is 19.1. The van der Waals surface area contributed by atoms with E-state index in [0.717, 1.165) is 50.8 Å². The van der Waals surface area contributed by atoms with Crippen molar-refractivity contribution in [2.45, 2.75) is 39.7 Å². The van der Waals surface area contributed by atoms with E-state index in [1.54, 1.807) is 11.3 Å². The summed E-state index contributed by atoms with van der Waals surface area (Å²) in [5, 5.41) is 6.76. The number of benzene rings is 1. The van der Waals surface area contributed by atoms with Crippen LogP contribution in [-0.4, -0.2) is 49.1 Å². The van der Waals surface area contributed by atoms with E-state index in [1.165, 1.54) is 29.1 Å². The van der Waals surface area contributed by atoms with Gasteiger partial charge in [0.25, 0.3) is 0 Å². The molecule has 2 heterocycles. The van der Waals surface area contributed by atoms with Crippen molar-refractivity contribution in [3.05, 3.63) is 46.5 Å². The smallest absolute Gasteiger partial charge is 0.193 e. The first-order chi connectivity index (χ1) is 13.2. The van der Waals surface area contributed by atoms with Crippen molar-refractivity contribution in [1.29, 1.82) is 0 Å². The molecular formula is C21H31N5S. The monoisotopic (exact) mass is 385 g/mol. The predicted octanol–water partition coefficient (Wildman–Crippen LogP) is 3.69. The molecule has 27 heavy (non-hydrogen) atoms. The summed E-state index contributed by atoms with van der Waals surface area (Å²) in [6.45, 7) is 9.00. The second-order valence-corrected chi connectivity index (χ2v) is 7.98. The quantitative estimate of drug-likeness (QED) is 0.583. The fourth-order valence-electron chi connectivity index (χ4n) is 3.25. The molecule has 0 spiro atoms. The zero-order valence-corrected chi connectivity index (χ0v) is 17.6. The Balaban J connectivity index is 1.55. The minimum absolute atomic E-state index is 0.754. The Kier molecular flexibility index (Phi) is 7.10. The van der Waals surface area contributed by atoms with Crippen LogP contribution in [0.1, 0.15) is 36.6 Å². The maximum atomic E-state index is 4.81. The molecule has 0 unspecified atom stereocenters. The molecule has 2 aromatic rings. The molecule has 1 aliphatic rings.